The predicted molar refractivity (Wildman–Crippen MR) is 204 cm³/mol. The summed E-state index contributed by atoms with van der Waals surface area (Å²) >= 11 is 0. The summed E-state index contributed by atoms with van der Waals surface area (Å²) in [6.45, 7) is 4.87. The van der Waals surface area contributed by atoms with Crippen molar-refractivity contribution >= 4 is 34.1 Å². The Morgan fingerprint density at radius 3 is 1.67 bits per heavy atom. The summed E-state index contributed by atoms with van der Waals surface area (Å²) in [5, 5.41) is 8.61. The van der Waals surface area contributed by atoms with Crippen molar-refractivity contribution in [2.45, 2.75) is 19.9 Å². The zero-order chi connectivity index (χ0) is 39.5. The summed E-state index contributed by atoms with van der Waals surface area (Å²) in [5.41, 5.74) is 2.66. The van der Waals surface area contributed by atoms with Gasteiger partial charge in [0.25, 0.3) is 38.4 Å². The Labute approximate surface area is 306 Å². The lowest BCUT2D eigenvalue weighted by molar-refractivity contribution is -0.115. The van der Waals surface area contributed by atoms with Crippen LogP contribution in [0.15, 0.2) is 105 Å². The van der Waals surface area contributed by atoms with Gasteiger partial charge in [0.15, 0.2) is 5.75 Å². The maximum atomic E-state index is 12.3. The molecule has 1 unspecified atom stereocenters. The van der Waals surface area contributed by atoms with Crippen molar-refractivity contribution in [3.63, 3.8) is 0 Å². The lowest BCUT2D eigenvalue weighted by Crippen LogP contribution is -2.49. The smallest absolute Gasteiger partial charge is 0.273 e. The first-order chi connectivity index (χ1) is 25.6. The van der Waals surface area contributed by atoms with Gasteiger partial charge in [0.2, 0.25) is 0 Å². The van der Waals surface area contributed by atoms with Gasteiger partial charge in [0, 0.05) is 45.1 Å². The molecule has 1 aliphatic rings. The third-order valence-electron chi connectivity index (χ3n) is 8.79. The molecule has 0 aliphatic carbocycles. The van der Waals surface area contributed by atoms with E-state index in [4.69, 9.17) is 19.6 Å². The molecular weight excluding hydrogens is 702 g/mol. The maximum Gasteiger partial charge on any atom is 0.273 e. The van der Waals surface area contributed by atoms with Gasteiger partial charge in [-0.05, 0) is 55.5 Å². The summed E-state index contributed by atoms with van der Waals surface area (Å²) in [7, 11) is 6.16. The number of nitrogens with one attached hydrogen (secondary N) is 3. The maximum absolute atomic E-state index is 12.3. The van der Waals surface area contributed by atoms with Gasteiger partial charge in [0.05, 0.1) is 32.1 Å². The van der Waals surface area contributed by atoms with Crippen LogP contribution in [0.25, 0.3) is 0 Å². The van der Waals surface area contributed by atoms with E-state index in [1.807, 2.05) is 26.0 Å². The number of furan rings is 1. The van der Waals surface area contributed by atoms with Crippen LogP contribution in [0.4, 0.5) is 34.1 Å². The Morgan fingerprint density at radius 1 is 0.704 bits per heavy atom. The van der Waals surface area contributed by atoms with Crippen LogP contribution in [0.2, 0.25) is 0 Å². The first kappa shape index (κ1) is 38.5. The number of nitrogens with zero attached hydrogens (tertiary/aromatic N) is 3. The van der Waals surface area contributed by atoms with Crippen molar-refractivity contribution in [1.29, 1.82) is 0 Å². The molecule has 17 nitrogen and oxygen atoms in total. The molecular formula is C37H39N7O10. The minimum atomic E-state index is -0.678. The van der Waals surface area contributed by atoms with Crippen molar-refractivity contribution in [2.75, 3.05) is 42.0 Å². The minimum absolute atomic E-state index is 0.0285. The Balaban J connectivity index is 0.000000182. The average Bonchev–Trinajstić information content (AvgIpc) is 3.58. The summed E-state index contributed by atoms with van der Waals surface area (Å²) in [6, 6.07) is 13.1. The van der Waals surface area contributed by atoms with Crippen LogP contribution in [0.3, 0.4) is 0 Å². The SMILES string of the molecule is COc1c(Nc2cccn(C)c2=O)c(=O)c1=O.Cc1ccc(C(Nc2c(Nc3cccn(C)c3=O)c(=O)c2=O)C2(C)COC2)o1.Cn1cccc(N)c1=O. The summed E-state index contributed by atoms with van der Waals surface area (Å²) in [6.07, 6.45) is 4.87. The number of rotatable bonds is 9. The molecule has 0 spiro atoms. The van der Waals surface area contributed by atoms with E-state index in [-0.39, 0.29) is 62.3 Å². The van der Waals surface area contributed by atoms with Gasteiger partial charge in [-0.15, -0.1) is 0 Å². The monoisotopic (exact) mass is 741 g/mol. The van der Waals surface area contributed by atoms with Crippen LogP contribution >= 0.6 is 0 Å². The third kappa shape index (κ3) is 7.56. The molecule has 1 aliphatic heterocycles. The molecule has 0 radical (unpaired) electrons. The van der Waals surface area contributed by atoms with E-state index in [1.165, 1.54) is 26.9 Å². The van der Waals surface area contributed by atoms with E-state index in [1.54, 1.807) is 70.1 Å². The Morgan fingerprint density at radius 2 is 1.20 bits per heavy atom. The number of aromatic nitrogens is 3. The molecule has 5 heterocycles. The quantitative estimate of drug-likeness (QED) is 0.154. The molecule has 0 saturated carbocycles. The second-order valence-corrected chi connectivity index (χ2v) is 13.0. The van der Waals surface area contributed by atoms with Gasteiger partial charge < -0.3 is 49.3 Å². The number of ether oxygens (including phenoxy) is 2. The number of hydrogen-bond donors (Lipinski definition) is 4. The van der Waals surface area contributed by atoms with E-state index < -0.39 is 21.7 Å². The molecule has 5 N–H and O–H groups in total. The van der Waals surface area contributed by atoms with Gasteiger partial charge in [-0.2, -0.15) is 0 Å². The molecule has 17 heteroatoms. The third-order valence-corrected chi connectivity index (χ3v) is 8.79. The number of nitrogens with two attached hydrogens (primary N) is 1. The highest BCUT2D eigenvalue weighted by atomic mass is 16.5. The zero-order valence-electron chi connectivity index (χ0n) is 30.3. The number of nitrogen functional groups attached to an aromatic ring is 1. The van der Waals surface area contributed by atoms with E-state index in [2.05, 4.69) is 16.0 Å². The summed E-state index contributed by atoms with van der Waals surface area (Å²) in [4.78, 5) is 81.5. The lowest BCUT2D eigenvalue weighted by atomic mass is 9.79. The molecule has 1 saturated heterocycles. The highest BCUT2D eigenvalue weighted by Gasteiger charge is 2.45. The zero-order valence-corrected chi connectivity index (χ0v) is 30.3. The van der Waals surface area contributed by atoms with Crippen LogP contribution in [-0.4, -0.2) is 34.0 Å². The van der Waals surface area contributed by atoms with Crippen molar-refractivity contribution in [1.82, 2.24) is 13.7 Å². The fraction of sp³-hybridized carbons (Fsp3) is 0.270. The molecule has 0 bridgehead atoms. The standard InChI is InChI=1S/C20H21N3O5.C11H10N2O4.C6H8N2O/c1-11-6-7-13(28-11)18(20(2)9-27-10-20)22-15-14(16(24)17(15)25)21-12-5-4-8-23(3)19(12)26;1-13-5-3-4-6(11(13)16)12-7-8(14)9(15)10(7)17-2;1-8-4-2-3-5(7)6(8)9/h4-8,18,21-22H,9-10H2,1-3H3;3-5,12H,1-2H3;2-4H,7H2,1H3. The first-order valence-electron chi connectivity index (χ1n) is 16.5. The Bertz CT molecular complexity index is 2620. The molecule has 282 valence electrons. The molecule has 54 heavy (non-hydrogen) atoms. The summed E-state index contributed by atoms with van der Waals surface area (Å²) in [5.74, 6) is 1.38. The second kappa shape index (κ2) is 15.5. The largest absolute Gasteiger partial charge is 0.491 e. The first-order valence-corrected chi connectivity index (χ1v) is 16.5. The van der Waals surface area contributed by atoms with Crippen molar-refractivity contribution in [3.05, 3.63) is 151 Å². The van der Waals surface area contributed by atoms with Crippen LogP contribution in [0, 0.1) is 12.3 Å². The van der Waals surface area contributed by atoms with Crippen molar-refractivity contribution < 1.29 is 13.9 Å². The second-order valence-electron chi connectivity index (χ2n) is 13.0. The highest BCUT2D eigenvalue weighted by Crippen LogP contribution is 2.43. The van der Waals surface area contributed by atoms with Gasteiger partial charge in [-0.25, -0.2) is 0 Å². The predicted octanol–water partition coefficient (Wildman–Crippen LogP) is 1.52. The van der Waals surface area contributed by atoms with E-state index in [0.29, 0.717) is 24.7 Å². The van der Waals surface area contributed by atoms with Crippen LogP contribution in [0.5, 0.6) is 5.75 Å². The van der Waals surface area contributed by atoms with Gasteiger partial charge >= 0.3 is 0 Å². The van der Waals surface area contributed by atoms with Gasteiger partial charge in [0.1, 0.15) is 40.0 Å². The fourth-order valence-corrected chi connectivity index (χ4v) is 5.53. The van der Waals surface area contributed by atoms with E-state index in [0.717, 1.165) is 5.76 Å². The Hall–Kier alpha value is -6.75. The normalized spacial score (nSPS) is 13.4. The number of hydrogen-bond acceptors (Lipinski definition) is 14. The molecule has 4 aromatic heterocycles. The van der Waals surface area contributed by atoms with Crippen LogP contribution in [0.1, 0.15) is 24.5 Å². The fourth-order valence-electron chi connectivity index (χ4n) is 5.53. The number of methoxy groups -OCH3 is 1. The van der Waals surface area contributed by atoms with E-state index in [9.17, 15) is 33.6 Å². The molecule has 0 amide bonds. The van der Waals surface area contributed by atoms with E-state index >= 15 is 0 Å². The van der Waals surface area contributed by atoms with Crippen molar-refractivity contribution in [2.24, 2.45) is 26.6 Å². The molecule has 7 rings (SSSR count). The molecule has 2 aromatic carbocycles. The average molecular weight is 742 g/mol. The number of pyridine rings is 3. The van der Waals surface area contributed by atoms with Gasteiger partial charge in [-0.3, -0.25) is 33.6 Å². The molecule has 1 atom stereocenters. The minimum Gasteiger partial charge on any atom is -0.491 e. The Kier molecular flexibility index (Phi) is 11.0. The topological polar surface area (TPSA) is 228 Å². The lowest BCUT2D eigenvalue weighted by Gasteiger charge is -2.44. The highest BCUT2D eigenvalue weighted by molar-refractivity contribution is 5.79. The number of anilines is 6. The number of aryl methyl sites for hydroxylation is 4. The van der Waals surface area contributed by atoms with Crippen LogP contribution < -0.4 is 64.8 Å². The molecule has 1 fully saturated rings. The van der Waals surface area contributed by atoms with Gasteiger partial charge in [-0.1, -0.05) is 6.92 Å². The van der Waals surface area contributed by atoms with Crippen LogP contribution in [-0.2, 0) is 25.9 Å². The van der Waals surface area contributed by atoms with Crippen molar-refractivity contribution in [3.8, 4) is 5.75 Å². The summed E-state index contributed by atoms with van der Waals surface area (Å²) < 4.78 is 20.1. The molecule has 6 aromatic rings.